The monoisotopic (exact) mass is 251 g/mol. The lowest BCUT2D eigenvalue weighted by Crippen LogP contribution is -2.30. The van der Waals surface area contributed by atoms with Crippen molar-refractivity contribution in [1.82, 2.24) is 15.3 Å². The molecule has 2 aliphatic rings. The average Bonchev–Trinajstić information content (AvgIpc) is 3.00. The number of fused-ring (bicyclic) bond motifs is 2. The SMILES string of the molecule is [B]c1ccc2nc([C@@H]3C[C@@H]4CCCC[C@@H]4N3)[nH]c2c1. The van der Waals surface area contributed by atoms with Crippen LogP contribution in [-0.4, -0.2) is 23.9 Å². The van der Waals surface area contributed by atoms with Crippen LogP contribution in [0.25, 0.3) is 11.0 Å². The average molecular weight is 251 g/mol. The Labute approximate surface area is 114 Å². The molecule has 1 saturated heterocycles. The lowest BCUT2D eigenvalue weighted by molar-refractivity contribution is 0.325. The van der Waals surface area contributed by atoms with Crippen LogP contribution in [-0.2, 0) is 0 Å². The van der Waals surface area contributed by atoms with E-state index in [9.17, 15) is 0 Å². The molecule has 19 heavy (non-hydrogen) atoms. The second-order valence-electron chi connectivity index (χ2n) is 6.00. The summed E-state index contributed by atoms with van der Waals surface area (Å²) in [6.07, 6.45) is 6.69. The molecule has 1 aliphatic heterocycles. The van der Waals surface area contributed by atoms with Crippen molar-refractivity contribution in [2.75, 3.05) is 0 Å². The molecule has 0 spiro atoms. The van der Waals surface area contributed by atoms with E-state index in [0.717, 1.165) is 28.2 Å². The molecule has 3 atom stereocenters. The van der Waals surface area contributed by atoms with Crippen molar-refractivity contribution in [1.29, 1.82) is 0 Å². The Hall–Kier alpha value is -1.29. The maximum absolute atomic E-state index is 5.82. The lowest BCUT2D eigenvalue weighted by atomic mass is 9.85. The molecule has 0 amide bonds. The molecular weight excluding hydrogens is 233 g/mol. The molecule has 1 aliphatic carbocycles. The van der Waals surface area contributed by atoms with E-state index in [1.54, 1.807) is 0 Å². The number of rotatable bonds is 1. The molecule has 0 bridgehead atoms. The molecule has 2 heterocycles. The van der Waals surface area contributed by atoms with Gasteiger partial charge in [-0.05, 0) is 37.3 Å². The van der Waals surface area contributed by atoms with Crippen LogP contribution in [0.4, 0.5) is 0 Å². The molecule has 1 saturated carbocycles. The van der Waals surface area contributed by atoms with Gasteiger partial charge in [-0.3, -0.25) is 0 Å². The van der Waals surface area contributed by atoms with Gasteiger partial charge in [-0.2, -0.15) is 0 Å². The highest BCUT2D eigenvalue weighted by Gasteiger charge is 2.36. The van der Waals surface area contributed by atoms with E-state index < -0.39 is 0 Å². The van der Waals surface area contributed by atoms with E-state index in [2.05, 4.69) is 10.3 Å². The Morgan fingerprint density at radius 1 is 1.21 bits per heavy atom. The van der Waals surface area contributed by atoms with Gasteiger partial charge in [0.2, 0.25) is 0 Å². The van der Waals surface area contributed by atoms with Crippen molar-refractivity contribution in [2.45, 2.75) is 44.2 Å². The topological polar surface area (TPSA) is 40.7 Å². The van der Waals surface area contributed by atoms with Crippen molar-refractivity contribution in [3.8, 4) is 0 Å². The molecule has 2 radical (unpaired) electrons. The molecule has 2 N–H and O–H groups in total. The van der Waals surface area contributed by atoms with Crippen LogP contribution in [0.2, 0.25) is 0 Å². The maximum atomic E-state index is 5.82. The van der Waals surface area contributed by atoms with Crippen molar-refractivity contribution >= 4 is 24.3 Å². The van der Waals surface area contributed by atoms with Gasteiger partial charge in [0.1, 0.15) is 13.7 Å². The number of hydrogen-bond acceptors (Lipinski definition) is 2. The molecule has 1 aromatic carbocycles. The van der Waals surface area contributed by atoms with Crippen LogP contribution >= 0.6 is 0 Å². The van der Waals surface area contributed by atoms with E-state index >= 15 is 0 Å². The van der Waals surface area contributed by atoms with Gasteiger partial charge in [0.15, 0.2) is 0 Å². The largest absolute Gasteiger partial charge is 0.341 e. The highest BCUT2D eigenvalue weighted by molar-refractivity contribution is 6.33. The normalized spacial score (nSPS) is 30.6. The fourth-order valence-corrected chi connectivity index (χ4v) is 3.74. The van der Waals surface area contributed by atoms with Crippen LogP contribution in [0.1, 0.15) is 44.0 Å². The first-order valence-electron chi connectivity index (χ1n) is 7.31. The standard InChI is InChI=1S/C15H18BN3/c16-10-5-6-12-13(8-10)19-15(18-12)14-7-9-3-1-2-4-11(9)17-14/h5-6,8-9,11,14,17H,1-4,7H2,(H,18,19)/t9-,11-,14-/m0/s1. The summed E-state index contributed by atoms with van der Waals surface area (Å²) in [5.74, 6) is 1.92. The number of nitrogens with zero attached hydrogens (tertiary/aromatic N) is 1. The molecule has 2 aromatic rings. The summed E-state index contributed by atoms with van der Waals surface area (Å²) in [6, 6.07) is 6.97. The Morgan fingerprint density at radius 2 is 2.11 bits per heavy atom. The summed E-state index contributed by atoms with van der Waals surface area (Å²) in [4.78, 5) is 8.15. The zero-order valence-electron chi connectivity index (χ0n) is 11.0. The number of H-pyrrole nitrogens is 1. The number of aromatic nitrogens is 2. The second-order valence-corrected chi connectivity index (χ2v) is 6.00. The van der Waals surface area contributed by atoms with Crippen molar-refractivity contribution in [3.05, 3.63) is 24.0 Å². The zero-order chi connectivity index (χ0) is 12.8. The van der Waals surface area contributed by atoms with Crippen LogP contribution < -0.4 is 10.8 Å². The van der Waals surface area contributed by atoms with E-state index in [1.807, 2.05) is 18.2 Å². The molecule has 96 valence electrons. The molecule has 4 heteroatoms. The first-order valence-corrected chi connectivity index (χ1v) is 7.31. The molecule has 2 fully saturated rings. The summed E-state index contributed by atoms with van der Waals surface area (Å²) in [5.41, 5.74) is 2.85. The Bertz CT molecular complexity index is 592. The van der Waals surface area contributed by atoms with Crippen molar-refractivity contribution in [3.63, 3.8) is 0 Å². The van der Waals surface area contributed by atoms with Gasteiger partial charge in [0, 0.05) is 6.04 Å². The third-order valence-corrected chi connectivity index (χ3v) is 4.72. The Morgan fingerprint density at radius 3 is 3.00 bits per heavy atom. The maximum Gasteiger partial charge on any atom is 0.124 e. The van der Waals surface area contributed by atoms with Gasteiger partial charge in [0.05, 0.1) is 17.1 Å². The fourth-order valence-electron chi connectivity index (χ4n) is 3.74. The predicted octanol–water partition coefficient (Wildman–Crippen LogP) is 1.95. The predicted molar refractivity (Wildman–Crippen MR) is 77.7 cm³/mol. The van der Waals surface area contributed by atoms with Crippen LogP contribution in [0, 0.1) is 5.92 Å². The van der Waals surface area contributed by atoms with E-state index in [1.165, 1.54) is 32.1 Å². The molecular formula is C15H18BN3. The van der Waals surface area contributed by atoms with Gasteiger partial charge in [-0.1, -0.05) is 24.4 Å². The van der Waals surface area contributed by atoms with Gasteiger partial charge < -0.3 is 10.3 Å². The zero-order valence-corrected chi connectivity index (χ0v) is 11.0. The number of nitrogens with one attached hydrogen (secondary N) is 2. The highest BCUT2D eigenvalue weighted by Crippen LogP contribution is 2.38. The number of hydrogen-bond donors (Lipinski definition) is 2. The molecule has 3 nitrogen and oxygen atoms in total. The summed E-state index contributed by atoms with van der Waals surface area (Å²) < 4.78 is 0. The first kappa shape index (κ1) is 11.5. The Balaban J connectivity index is 1.64. The van der Waals surface area contributed by atoms with Gasteiger partial charge >= 0.3 is 0 Å². The van der Waals surface area contributed by atoms with E-state index in [-0.39, 0.29) is 0 Å². The minimum atomic E-state index is 0.390. The summed E-state index contributed by atoms with van der Waals surface area (Å²) in [7, 11) is 5.82. The second kappa shape index (κ2) is 4.38. The van der Waals surface area contributed by atoms with Crippen molar-refractivity contribution in [2.24, 2.45) is 5.92 Å². The number of aromatic amines is 1. The first-order chi connectivity index (χ1) is 9.29. The van der Waals surface area contributed by atoms with Crippen molar-refractivity contribution < 1.29 is 0 Å². The Kier molecular flexibility index (Phi) is 2.66. The summed E-state index contributed by atoms with van der Waals surface area (Å²) in [6.45, 7) is 0. The fraction of sp³-hybridized carbons (Fsp3) is 0.533. The number of imidazole rings is 1. The van der Waals surface area contributed by atoms with Gasteiger partial charge in [-0.25, -0.2) is 4.98 Å². The van der Waals surface area contributed by atoms with E-state index in [4.69, 9.17) is 12.8 Å². The van der Waals surface area contributed by atoms with Crippen LogP contribution in [0.3, 0.4) is 0 Å². The molecule has 4 rings (SSSR count). The van der Waals surface area contributed by atoms with Gasteiger partial charge in [0.25, 0.3) is 0 Å². The molecule has 1 aromatic heterocycles. The third kappa shape index (κ3) is 1.98. The minimum absolute atomic E-state index is 0.390. The smallest absolute Gasteiger partial charge is 0.124 e. The van der Waals surface area contributed by atoms with Crippen LogP contribution in [0.5, 0.6) is 0 Å². The third-order valence-electron chi connectivity index (χ3n) is 4.72. The number of benzene rings is 1. The van der Waals surface area contributed by atoms with E-state index in [0.29, 0.717) is 12.1 Å². The quantitative estimate of drug-likeness (QED) is 0.760. The van der Waals surface area contributed by atoms with Gasteiger partial charge in [-0.15, -0.1) is 0 Å². The minimum Gasteiger partial charge on any atom is -0.341 e. The summed E-state index contributed by atoms with van der Waals surface area (Å²) in [5, 5.41) is 3.76. The molecule has 0 unspecified atom stereocenters. The van der Waals surface area contributed by atoms with Crippen LogP contribution in [0.15, 0.2) is 18.2 Å². The highest BCUT2D eigenvalue weighted by atomic mass is 15.1. The summed E-state index contributed by atoms with van der Waals surface area (Å²) >= 11 is 0. The lowest BCUT2D eigenvalue weighted by Gasteiger charge is -2.24.